The van der Waals surface area contributed by atoms with Crippen LogP contribution < -0.4 is 19.7 Å². The molecule has 0 aliphatic carbocycles. The van der Waals surface area contributed by atoms with Crippen molar-refractivity contribution in [2.75, 3.05) is 12.0 Å². The molecule has 1 N–H and O–H groups in total. The average Bonchev–Trinajstić information content (AvgIpc) is 3.52. The molecular weight excluding hydrogens is 585 g/mol. The van der Waals surface area contributed by atoms with E-state index in [1.54, 1.807) is 23.9 Å². The van der Waals surface area contributed by atoms with Crippen LogP contribution in [0, 0.1) is 13.8 Å². The van der Waals surface area contributed by atoms with Crippen molar-refractivity contribution in [1.29, 1.82) is 0 Å². The van der Waals surface area contributed by atoms with Crippen LogP contribution in [0.25, 0.3) is 5.69 Å². The number of thiocarbonyl (C=S) groups is 1. The van der Waals surface area contributed by atoms with Gasteiger partial charge in [-0.3, -0.25) is 4.98 Å². The number of hydrogen-bond acceptors (Lipinski definition) is 4. The number of pyridine rings is 1. The Bertz CT molecular complexity index is 1790. The molecule has 0 spiro atoms. The van der Waals surface area contributed by atoms with E-state index in [0.29, 0.717) is 28.0 Å². The van der Waals surface area contributed by atoms with Crippen LogP contribution in [-0.4, -0.2) is 21.8 Å². The van der Waals surface area contributed by atoms with Gasteiger partial charge >= 0.3 is 6.18 Å². The van der Waals surface area contributed by atoms with Crippen molar-refractivity contribution in [1.82, 2.24) is 14.9 Å². The van der Waals surface area contributed by atoms with Crippen molar-refractivity contribution in [2.45, 2.75) is 32.1 Å². The summed E-state index contributed by atoms with van der Waals surface area (Å²) in [6.07, 6.45) is -2.79. The van der Waals surface area contributed by atoms with Gasteiger partial charge in [-0.1, -0.05) is 18.2 Å². The topological polar surface area (TPSA) is 51.6 Å². The highest BCUT2D eigenvalue weighted by atomic mass is 32.1. The Morgan fingerprint density at radius 2 is 1.48 bits per heavy atom. The van der Waals surface area contributed by atoms with Crippen molar-refractivity contribution < 1.29 is 22.6 Å². The molecule has 1 aliphatic heterocycles. The van der Waals surface area contributed by atoms with Gasteiger partial charge in [0, 0.05) is 23.3 Å². The molecule has 5 aromatic rings. The third kappa shape index (κ3) is 5.48. The summed E-state index contributed by atoms with van der Waals surface area (Å²) in [7, 11) is 1.61. The van der Waals surface area contributed by atoms with Crippen molar-refractivity contribution >= 4 is 23.0 Å². The molecule has 3 heterocycles. The van der Waals surface area contributed by atoms with Crippen molar-refractivity contribution in [2.24, 2.45) is 0 Å². The standard InChI is InChI=1S/C34H29F3N4O2S/c1-21-20-27(22(2)40(21)30-10-5-4-8-28(30)34(35,36)37)32-31(29-9-6-7-19-38-29)39-33(44)41(32)23-11-13-25(14-12-23)43-26-17-15-24(42-3)16-18-26/h4-20,31-32H,1-3H3,(H,39,44)/t31-,32-/m1/s1. The molecule has 0 saturated carbocycles. The van der Waals surface area contributed by atoms with Gasteiger partial charge in [0.1, 0.15) is 17.2 Å². The number of hydrogen-bond donors (Lipinski definition) is 1. The lowest BCUT2D eigenvalue weighted by Crippen LogP contribution is -2.29. The van der Waals surface area contributed by atoms with E-state index in [-0.39, 0.29) is 11.7 Å². The number of benzene rings is 3. The molecule has 0 radical (unpaired) electrons. The van der Waals surface area contributed by atoms with Gasteiger partial charge in [-0.25, -0.2) is 0 Å². The number of para-hydroxylation sites is 1. The largest absolute Gasteiger partial charge is 0.497 e. The molecule has 44 heavy (non-hydrogen) atoms. The molecule has 1 aliphatic rings. The lowest BCUT2D eigenvalue weighted by molar-refractivity contribution is -0.137. The van der Waals surface area contributed by atoms with Gasteiger partial charge < -0.3 is 24.3 Å². The van der Waals surface area contributed by atoms with Gasteiger partial charge in [0.05, 0.1) is 36.1 Å². The van der Waals surface area contributed by atoms with Crippen molar-refractivity contribution in [3.8, 4) is 22.9 Å². The summed E-state index contributed by atoms with van der Waals surface area (Å²) in [5.74, 6) is 2.03. The van der Waals surface area contributed by atoms with Crippen LogP contribution >= 0.6 is 12.2 Å². The number of nitrogens with one attached hydrogen (secondary N) is 1. The molecule has 0 unspecified atom stereocenters. The van der Waals surface area contributed by atoms with Gasteiger partial charge in [0.15, 0.2) is 5.11 Å². The molecule has 6 nitrogen and oxygen atoms in total. The minimum atomic E-state index is -4.51. The zero-order valence-electron chi connectivity index (χ0n) is 24.2. The Morgan fingerprint density at radius 1 is 0.841 bits per heavy atom. The summed E-state index contributed by atoms with van der Waals surface area (Å²) in [5.41, 5.74) is 3.14. The number of rotatable bonds is 7. The van der Waals surface area contributed by atoms with Crippen LogP contribution in [0.5, 0.6) is 17.2 Å². The van der Waals surface area contributed by atoms with Crippen LogP contribution in [0.2, 0.25) is 0 Å². The number of nitrogens with zero attached hydrogens (tertiary/aromatic N) is 3. The Hall–Kier alpha value is -4.83. The highest BCUT2D eigenvalue weighted by Gasteiger charge is 2.43. The highest BCUT2D eigenvalue weighted by Crippen LogP contribution is 2.45. The fourth-order valence-electron chi connectivity index (χ4n) is 5.77. The zero-order valence-corrected chi connectivity index (χ0v) is 25.0. The van der Waals surface area contributed by atoms with E-state index in [4.69, 9.17) is 21.7 Å². The second kappa shape index (κ2) is 11.7. The summed E-state index contributed by atoms with van der Waals surface area (Å²) in [5, 5.41) is 3.91. The normalized spacial score (nSPS) is 16.6. The van der Waals surface area contributed by atoms with Crippen LogP contribution in [-0.2, 0) is 6.18 Å². The molecule has 10 heteroatoms. The second-order valence-corrected chi connectivity index (χ2v) is 10.8. The first-order valence-electron chi connectivity index (χ1n) is 13.9. The summed E-state index contributed by atoms with van der Waals surface area (Å²) in [4.78, 5) is 6.60. The van der Waals surface area contributed by atoms with Gasteiger partial charge in [-0.2, -0.15) is 13.2 Å². The van der Waals surface area contributed by atoms with E-state index >= 15 is 0 Å². The molecule has 1 fully saturated rings. The fourth-order valence-corrected chi connectivity index (χ4v) is 6.12. The Balaban J connectivity index is 1.41. The Kier molecular flexibility index (Phi) is 7.77. The predicted octanol–water partition coefficient (Wildman–Crippen LogP) is 8.49. The zero-order chi connectivity index (χ0) is 31.0. The maximum Gasteiger partial charge on any atom is 0.418 e. The maximum absolute atomic E-state index is 14.1. The monoisotopic (exact) mass is 614 g/mol. The Morgan fingerprint density at radius 3 is 2.11 bits per heavy atom. The summed E-state index contributed by atoms with van der Waals surface area (Å²) in [6.45, 7) is 3.66. The molecule has 0 amide bonds. The lowest BCUT2D eigenvalue weighted by atomic mass is 9.96. The smallest absolute Gasteiger partial charge is 0.418 e. The third-order valence-electron chi connectivity index (χ3n) is 7.75. The summed E-state index contributed by atoms with van der Waals surface area (Å²) in [6, 6.07) is 27.3. The molecule has 2 aromatic heterocycles. The van der Waals surface area contributed by atoms with Gasteiger partial charge in [-0.05, 0) is 110 Å². The van der Waals surface area contributed by atoms with E-state index in [1.165, 1.54) is 12.1 Å². The van der Waals surface area contributed by atoms with Gasteiger partial charge in [0.2, 0.25) is 0 Å². The summed E-state index contributed by atoms with van der Waals surface area (Å²) < 4.78 is 55.1. The van der Waals surface area contributed by atoms with E-state index < -0.39 is 17.8 Å². The number of halogens is 3. The number of methoxy groups -OCH3 is 1. The third-order valence-corrected chi connectivity index (χ3v) is 8.06. The van der Waals surface area contributed by atoms with Crippen molar-refractivity contribution in [3.63, 3.8) is 0 Å². The SMILES string of the molecule is COc1ccc(Oc2ccc(N3C(=S)N[C@H](c4ccccn4)[C@H]3c3cc(C)n(-c4ccccc4C(F)(F)F)c3C)cc2)cc1. The number of aryl methyl sites for hydroxylation is 1. The van der Waals surface area contributed by atoms with Crippen molar-refractivity contribution in [3.05, 3.63) is 131 Å². The second-order valence-electron chi connectivity index (χ2n) is 10.4. The van der Waals surface area contributed by atoms with E-state index in [0.717, 1.165) is 28.8 Å². The lowest BCUT2D eigenvalue weighted by Gasteiger charge is -2.28. The molecular formula is C34H29F3N4O2S. The molecule has 6 rings (SSSR count). The molecule has 224 valence electrons. The quantitative estimate of drug-likeness (QED) is 0.186. The molecule has 0 bridgehead atoms. The average molecular weight is 615 g/mol. The predicted molar refractivity (Wildman–Crippen MR) is 168 cm³/mol. The fraction of sp³-hybridized carbons (Fsp3) is 0.176. The molecule has 1 saturated heterocycles. The molecule has 3 aromatic carbocycles. The van der Waals surface area contributed by atoms with Crippen LogP contribution in [0.1, 0.15) is 40.3 Å². The van der Waals surface area contributed by atoms with E-state index in [9.17, 15) is 13.2 Å². The number of anilines is 1. The Labute approximate surface area is 258 Å². The van der Waals surface area contributed by atoms with Crippen LogP contribution in [0.3, 0.4) is 0 Å². The number of ether oxygens (including phenoxy) is 2. The van der Waals surface area contributed by atoms with Crippen LogP contribution in [0.4, 0.5) is 18.9 Å². The first-order chi connectivity index (χ1) is 21.2. The first-order valence-corrected chi connectivity index (χ1v) is 14.3. The van der Waals surface area contributed by atoms with Gasteiger partial charge in [-0.15, -0.1) is 0 Å². The maximum atomic E-state index is 14.1. The number of alkyl halides is 3. The van der Waals surface area contributed by atoms with E-state index in [1.807, 2.05) is 91.5 Å². The highest BCUT2D eigenvalue weighted by molar-refractivity contribution is 7.80. The van der Waals surface area contributed by atoms with Crippen LogP contribution in [0.15, 0.2) is 103 Å². The van der Waals surface area contributed by atoms with Gasteiger partial charge in [0.25, 0.3) is 0 Å². The number of aromatic nitrogens is 2. The molecule has 2 atom stereocenters. The first kappa shape index (κ1) is 29.3. The minimum Gasteiger partial charge on any atom is -0.497 e. The summed E-state index contributed by atoms with van der Waals surface area (Å²) >= 11 is 5.87. The van der Waals surface area contributed by atoms with E-state index in [2.05, 4.69) is 10.3 Å². The minimum absolute atomic E-state index is 0.0794.